The monoisotopic (exact) mass is 281 g/mol. The number of nitrogens with zero attached hydrogens (tertiary/aromatic N) is 1. The van der Waals surface area contributed by atoms with Crippen LogP contribution in [-0.2, 0) is 0 Å². The molecule has 2 atom stereocenters. The first-order valence-electron chi connectivity index (χ1n) is 6.79. The van der Waals surface area contributed by atoms with Crippen LogP contribution in [0, 0.1) is 0 Å². The number of hydrogen-bond donors (Lipinski definition) is 0. The Hall–Kier alpha value is -1.86. The highest BCUT2D eigenvalue weighted by Gasteiger charge is 2.19. The molecule has 1 heterocycles. The summed E-state index contributed by atoms with van der Waals surface area (Å²) in [5, 5.41) is 2.39. The van der Waals surface area contributed by atoms with E-state index < -0.39 is 0 Å². The van der Waals surface area contributed by atoms with E-state index in [0.717, 1.165) is 11.3 Å². The van der Waals surface area contributed by atoms with E-state index in [1.807, 2.05) is 24.4 Å². The molecule has 0 aliphatic rings. The molecule has 0 saturated heterocycles. The molecule has 0 fully saturated rings. The highest BCUT2D eigenvalue weighted by Crippen LogP contribution is 2.36. The van der Waals surface area contributed by atoms with Gasteiger partial charge in [0.05, 0.1) is 5.38 Å². The number of fused-ring (bicyclic) bond motifs is 1. The molecule has 0 spiro atoms. The van der Waals surface area contributed by atoms with Crippen LogP contribution < -0.4 is 0 Å². The van der Waals surface area contributed by atoms with Gasteiger partial charge in [-0.3, -0.25) is 4.98 Å². The largest absolute Gasteiger partial charge is 0.261 e. The van der Waals surface area contributed by atoms with Gasteiger partial charge >= 0.3 is 0 Å². The molecule has 2 unspecified atom stereocenters. The zero-order chi connectivity index (χ0) is 13.9. The quantitative estimate of drug-likeness (QED) is 0.592. The molecule has 1 aromatic heterocycles. The molecule has 0 bridgehead atoms. The van der Waals surface area contributed by atoms with Crippen molar-refractivity contribution in [1.29, 1.82) is 0 Å². The van der Waals surface area contributed by atoms with Gasteiger partial charge in [0.2, 0.25) is 0 Å². The molecule has 2 aromatic carbocycles. The Balaban J connectivity index is 1.94. The van der Waals surface area contributed by atoms with Gasteiger partial charge < -0.3 is 0 Å². The number of rotatable bonds is 3. The molecule has 0 aliphatic heterocycles. The summed E-state index contributed by atoms with van der Waals surface area (Å²) in [4.78, 5) is 4.40. The van der Waals surface area contributed by atoms with E-state index in [4.69, 9.17) is 11.6 Å². The van der Waals surface area contributed by atoms with Gasteiger partial charge in [-0.2, -0.15) is 0 Å². The molecule has 0 aliphatic carbocycles. The molecule has 0 amide bonds. The second kappa shape index (κ2) is 5.64. The molecule has 3 aromatic rings. The lowest BCUT2D eigenvalue weighted by molar-refractivity contribution is 0.707. The third-order valence-corrected chi connectivity index (χ3v) is 4.32. The average Bonchev–Trinajstić information content (AvgIpc) is 2.54. The molecular formula is C18H16ClN. The summed E-state index contributed by atoms with van der Waals surface area (Å²) in [5.74, 6) is 0.180. The lowest BCUT2D eigenvalue weighted by atomic mass is 9.95. The van der Waals surface area contributed by atoms with E-state index in [-0.39, 0.29) is 11.3 Å². The van der Waals surface area contributed by atoms with Crippen molar-refractivity contribution in [3.05, 3.63) is 78.1 Å². The minimum atomic E-state index is -0.0745. The minimum absolute atomic E-state index is 0.0745. The smallest absolute Gasteiger partial charge is 0.0666 e. The summed E-state index contributed by atoms with van der Waals surface area (Å²) in [5.41, 5.74) is 2.17. The average molecular weight is 282 g/mol. The fraction of sp³-hybridized carbons (Fsp3) is 0.167. The minimum Gasteiger partial charge on any atom is -0.261 e. The highest BCUT2D eigenvalue weighted by atomic mass is 35.5. The van der Waals surface area contributed by atoms with E-state index in [1.54, 1.807) is 0 Å². The second-order valence-electron chi connectivity index (χ2n) is 5.05. The zero-order valence-electron chi connectivity index (χ0n) is 11.3. The van der Waals surface area contributed by atoms with E-state index >= 15 is 0 Å². The van der Waals surface area contributed by atoms with Gasteiger partial charge in [0.1, 0.15) is 0 Å². The Labute approximate surface area is 124 Å². The zero-order valence-corrected chi connectivity index (χ0v) is 12.1. The predicted molar refractivity (Wildman–Crippen MR) is 85.2 cm³/mol. The van der Waals surface area contributed by atoms with Crippen LogP contribution in [0.1, 0.15) is 29.5 Å². The van der Waals surface area contributed by atoms with Crippen molar-refractivity contribution >= 4 is 22.4 Å². The Morgan fingerprint density at radius 2 is 1.65 bits per heavy atom. The van der Waals surface area contributed by atoms with Crippen molar-refractivity contribution < 1.29 is 0 Å². The van der Waals surface area contributed by atoms with Crippen molar-refractivity contribution in [3.63, 3.8) is 0 Å². The van der Waals surface area contributed by atoms with E-state index in [1.165, 1.54) is 10.8 Å². The maximum atomic E-state index is 6.65. The molecule has 2 heteroatoms. The van der Waals surface area contributed by atoms with Crippen molar-refractivity contribution in [2.24, 2.45) is 0 Å². The number of pyridine rings is 1. The summed E-state index contributed by atoms with van der Waals surface area (Å²) in [7, 11) is 0. The number of benzene rings is 2. The first-order valence-corrected chi connectivity index (χ1v) is 7.23. The molecule has 1 nitrogen and oxygen atoms in total. The third-order valence-electron chi connectivity index (χ3n) is 3.69. The topological polar surface area (TPSA) is 12.9 Å². The van der Waals surface area contributed by atoms with Crippen molar-refractivity contribution in [3.8, 4) is 0 Å². The maximum Gasteiger partial charge on any atom is 0.0666 e. The number of halogens is 1. The van der Waals surface area contributed by atoms with Crippen molar-refractivity contribution in [2.75, 3.05) is 0 Å². The fourth-order valence-electron chi connectivity index (χ4n) is 2.46. The van der Waals surface area contributed by atoms with Crippen LogP contribution in [0.15, 0.2) is 66.9 Å². The summed E-state index contributed by atoms with van der Waals surface area (Å²) >= 11 is 6.65. The summed E-state index contributed by atoms with van der Waals surface area (Å²) in [6.45, 7) is 2.12. The van der Waals surface area contributed by atoms with Crippen LogP contribution in [0.5, 0.6) is 0 Å². The number of hydrogen-bond acceptors (Lipinski definition) is 1. The molecule has 3 rings (SSSR count). The fourth-order valence-corrected chi connectivity index (χ4v) is 2.73. The number of alkyl halides is 1. The first-order chi connectivity index (χ1) is 9.75. The lowest BCUT2D eigenvalue weighted by Crippen LogP contribution is -2.04. The Kier molecular flexibility index (Phi) is 3.70. The van der Waals surface area contributed by atoms with Gasteiger partial charge in [0.15, 0.2) is 0 Å². The summed E-state index contributed by atoms with van der Waals surface area (Å²) in [6.07, 6.45) is 1.82. The Morgan fingerprint density at radius 3 is 2.40 bits per heavy atom. The molecule has 0 saturated carbocycles. The van der Waals surface area contributed by atoms with Crippen LogP contribution in [-0.4, -0.2) is 4.98 Å². The van der Waals surface area contributed by atoms with Gasteiger partial charge in [0.25, 0.3) is 0 Å². The van der Waals surface area contributed by atoms with Gasteiger partial charge in [-0.25, -0.2) is 0 Å². The first kappa shape index (κ1) is 13.1. The van der Waals surface area contributed by atoms with Crippen molar-refractivity contribution in [1.82, 2.24) is 4.98 Å². The van der Waals surface area contributed by atoms with Gasteiger partial charge in [0, 0.05) is 17.8 Å². The molecule has 100 valence electrons. The van der Waals surface area contributed by atoms with E-state index in [0.29, 0.717) is 0 Å². The normalized spacial score (nSPS) is 14.1. The Morgan fingerprint density at radius 1 is 0.900 bits per heavy atom. The number of aromatic nitrogens is 1. The molecule has 0 N–H and O–H groups in total. The molecule has 20 heavy (non-hydrogen) atoms. The molecular weight excluding hydrogens is 266 g/mol. The van der Waals surface area contributed by atoms with Crippen LogP contribution in [0.4, 0.5) is 0 Å². The summed E-state index contributed by atoms with van der Waals surface area (Å²) in [6, 6.07) is 20.7. The van der Waals surface area contributed by atoms with Crippen molar-refractivity contribution in [2.45, 2.75) is 18.2 Å². The van der Waals surface area contributed by atoms with Gasteiger partial charge in [-0.15, -0.1) is 11.6 Å². The standard InChI is InChI=1S/C18H16ClN/c1-13(17-8-4-5-11-20-17)18(19)16-10-9-14-6-2-3-7-15(14)12-16/h2-13,18H,1H3. The lowest BCUT2D eigenvalue weighted by Gasteiger charge is -2.18. The summed E-state index contributed by atoms with van der Waals surface area (Å²) < 4.78 is 0. The maximum absolute atomic E-state index is 6.65. The van der Waals surface area contributed by atoms with E-state index in [2.05, 4.69) is 54.4 Å². The predicted octanol–water partition coefficient (Wildman–Crippen LogP) is 5.32. The van der Waals surface area contributed by atoms with Crippen LogP contribution in [0.3, 0.4) is 0 Å². The third kappa shape index (κ3) is 2.54. The van der Waals surface area contributed by atoms with Crippen LogP contribution in [0.2, 0.25) is 0 Å². The van der Waals surface area contributed by atoms with E-state index in [9.17, 15) is 0 Å². The van der Waals surface area contributed by atoms with Gasteiger partial charge in [-0.05, 0) is 34.5 Å². The van der Waals surface area contributed by atoms with Crippen LogP contribution >= 0.6 is 11.6 Å². The second-order valence-corrected chi connectivity index (χ2v) is 5.52. The van der Waals surface area contributed by atoms with Gasteiger partial charge in [-0.1, -0.05) is 49.4 Å². The Bertz CT molecular complexity index is 709. The molecule has 0 radical (unpaired) electrons. The highest BCUT2D eigenvalue weighted by molar-refractivity contribution is 6.21. The SMILES string of the molecule is CC(c1ccccn1)C(Cl)c1ccc2ccccc2c1. The van der Waals surface area contributed by atoms with Crippen LogP contribution in [0.25, 0.3) is 10.8 Å².